The van der Waals surface area contributed by atoms with Crippen molar-refractivity contribution in [2.24, 2.45) is 5.92 Å². The number of ether oxygens (including phenoxy) is 2. The Bertz CT molecular complexity index is 893. The summed E-state index contributed by atoms with van der Waals surface area (Å²) < 4.78 is 23.6. The van der Waals surface area contributed by atoms with Gasteiger partial charge in [0.25, 0.3) is 5.91 Å². The maximum Gasteiger partial charge on any atom is 0.253 e. The zero-order chi connectivity index (χ0) is 21.7. The van der Waals surface area contributed by atoms with Crippen LogP contribution in [0, 0.1) is 11.7 Å². The molecule has 0 bridgehead atoms. The second kappa shape index (κ2) is 9.61. The number of benzene rings is 2. The molecule has 1 aliphatic rings. The van der Waals surface area contributed by atoms with Crippen LogP contribution in [0.1, 0.15) is 41.7 Å². The highest BCUT2D eigenvalue weighted by Gasteiger charge is 2.29. The van der Waals surface area contributed by atoms with Crippen molar-refractivity contribution in [2.75, 3.05) is 27.3 Å². The van der Waals surface area contributed by atoms with Crippen molar-refractivity contribution < 1.29 is 23.5 Å². The first kappa shape index (κ1) is 21.6. The van der Waals surface area contributed by atoms with Crippen molar-refractivity contribution in [1.82, 2.24) is 10.2 Å². The summed E-state index contributed by atoms with van der Waals surface area (Å²) >= 11 is 0. The molecule has 0 unspecified atom stereocenters. The molecule has 1 N–H and O–H groups in total. The fraction of sp³-hybridized carbons (Fsp3) is 0.391. The van der Waals surface area contributed by atoms with Crippen LogP contribution in [-0.2, 0) is 4.79 Å². The van der Waals surface area contributed by atoms with Gasteiger partial charge in [0.05, 0.1) is 20.3 Å². The third-order valence-electron chi connectivity index (χ3n) is 5.51. The molecule has 0 spiro atoms. The van der Waals surface area contributed by atoms with E-state index in [0.29, 0.717) is 43.0 Å². The second-order valence-electron chi connectivity index (χ2n) is 7.42. The van der Waals surface area contributed by atoms with Crippen molar-refractivity contribution in [1.29, 1.82) is 0 Å². The summed E-state index contributed by atoms with van der Waals surface area (Å²) in [5.41, 5.74) is 1.38. The first-order valence-corrected chi connectivity index (χ1v) is 10.00. The predicted octanol–water partition coefficient (Wildman–Crippen LogP) is 3.57. The van der Waals surface area contributed by atoms with Gasteiger partial charge >= 0.3 is 0 Å². The van der Waals surface area contributed by atoms with Gasteiger partial charge in [-0.2, -0.15) is 0 Å². The average Bonchev–Trinajstić information content (AvgIpc) is 2.78. The molecule has 1 saturated heterocycles. The van der Waals surface area contributed by atoms with Crippen LogP contribution in [0.4, 0.5) is 4.39 Å². The van der Waals surface area contributed by atoms with Crippen LogP contribution in [0.25, 0.3) is 0 Å². The molecule has 160 valence electrons. The molecule has 7 heteroatoms. The number of likely N-dealkylation sites (tertiary alicyclic amines) is 1. The van der Waals surface area contributed by atoms with Gasteiger partial charge < -0.3 is 19.7 Å². The van der Waals surface area contributed by atoms with E-state index in [9.17, 15) is 14.0 Å². The van der Waals surface area contributed by atoms with E-state index in [1.165, 1.54) is 19.2 Å². The summed E-state index contributed by atoms with van der Waals surface area (Å²) in [5.74, 6) is 0.498. The molecule has 0 aromatic heterocycles. The third-order valence-corrected chi connectivity index (χ3v) is 5.51. The molecular weight excluding hydrogens is 387 g/mol. The van der Waals surface area contributed by atoms with E-state index in [-0.39, 0.29) is 29.6 Å². The van der Waals surface area contributed by atoms with Gasteiger partial charge in [-0.25, -0.2) is 4.39 Å². The number of rotatable bonds is 6. The lowest BCUT2D eigenvalue weighted by Crippen LogP contribution is -2.43. The monoisotopic (exact) mass is 414 g/mol. The van der Waals surface area contributed by atoms with Crippen LogP contribution in [0.3, 0.4) is 0 Å². The zero-order valence-corrected chi connectivity index (χ0v) is 17.5. The van der Waals surface area contributed by atoms with Crippen molar-refractivity contribution >= 4 is 11.8 Å². The fourth-order valence-electron chi connectivity index (χ4n) is 3.66. The van der Waals surface area contributed by atoms with Crippen molar-refractivity contribution in [3.05, 3.63) is 59.4 Å². The minimum absolute atomic E-state index is 0.0370. The molecule has 1 heterocycles. The predicted molar refractivity (Wildman–Crippen MR) is 111 cm³/mol. The SMILES string of the molecule is COc1ccc(C(=O)N2CCC(C(=O)N[C@H](C)c3ccc(F)cc3)CC2)cc1OC. The number of carbonyl (C=O) groups excluding carboxylic acids is 2. The number of hydrogen-bond donors (Lipinski definition) is 1. The Kier molecular flexibility index (Phi) is 6.92. The standard InChI is InChI=1S/C23H27FN2O4/c1-15(16-4-7-19(24)8-5-16)25-22(27)17-10-12-26(13-11-17)23(28)18-6-9-20(29-2)21(14-18)30-3/h4-9,14-15,17H,10-13H2,1-3H3,(H,25,27)/t15-/m1/s1. The lowest BCUT2D eigenvalue weighted by Gasteiger charge is -2.32. The highest BCUT2D eigenvalue weighted by molar-refractivity contribution is 5.95. The highest BCUT2D eigenvalue weighted by Crippen LogP contribution is 2.29. The van der Waals surface area contributed by atoms with Crippen LogP contribution >= 0.6 is 0 Å². The normalized spacial score (nSPS) is 15.4. The number of amides is 2. The molecule has 0 radical (unpaired) electrons. The van der Waals surface area contributed by atoms with Gasteiger partial charge in [-0.1, -0.05) is 12.1 Å². The first-order chi connectivity index (χ1) is 14.4. The van der Waals surface area contributed by atoms with E-state index in [0.717, 1.165) is 5.56 Å². The topological polar surface area (TPSA) is 67.9 Å². The number of halogens is 1. The maximum atomic E-state index is 13.1. The summed E-state index contributed by atoms with van der Waals surface area (Å²) in [6, 6.07) is 11.0. The van der Waals surface area contributed by atoms with E-state index in [2.05, 4.69) is 5.32 Å². The van der Waals surface area contributed by atoms with Crippen LogP contribution < -0.4 is 14.8 Å². The number of carbonyl (C=O) groups is 2. The molecule has 1 fully saturated rings. The Balaban J connectivity index is 1.55. The Hall–Kier alpha value is -3.09. The Labute approximate surface area is 176 Å². The summed E-state index contributed by atoms with van der Waals surface area (Å²) in [7, 11) is 3.08. The molecular formula is C23H27FN2O4. The Morgan fingerprint density at radius 1 is 1.03 bits per heavy atom. The van der Waals surface area contributed by atoms with E-state index in [4.69, 9.17) is 9.47 Å². The van der Waals surface area contributed by atoms with Gasteiger partial charge in [-0.15, -0.1) is 0 Å². The summed E-state index contributed by atoms with van der Waals surface area (Å²) in [4.78, 5) is 27.2. The van der Waals surface area contributed by atoms with Crippen LogP contribution in [-0.4, -0.2) is 44.0 Å². The molecule has 1 aliphatic heterocycles. The second-order valence-corrected chi connectivity index (χ2v) is 7.42. The highest BCUT2D eigenvalue weighted by atomic mass is 19.1. The van der Waals surface area contributed by atoms with Crippen LogP contribution in [0.5, 0.6) is 11.5 Å². The molecule has 0 aliphatic carbocycles. The first-order valence-electron chi connectivity index (χ1n) is 10.00. The van der Waals surface area contributed by atoms with E-state index in [1.807, 2.05) is 6.92 Å². The lowest BCUT2D eigenvalue weighted by molar-refractivity contribution is -0.126. The van der Waals surface area contributed by atoms with E-state index >= 15 is 0 Å². The summed E-state index contributed by atoms with van der Waals surface area (Å²) in [6.45, 7) is 2.90. The minimum Gasteiger partial charge on any atom is -0.493 e. The largest absolute Gasteiger partial charge is 0.493 e. The lowest BCUT2D eigenvalue weighted by atomic mass is 9.94. The molecule has 2 aromatic rings. The van der Waals surface area contributed by atoms with Gasteiger partial charge in [0.15, 0.2) is 11.5 Å². The van der Waals surface area contributed by atoms with Gasteiger partial charge in [0, 0.05) is 24.6 Å². The summed E-state index contributed by atoms with van der Waals surface area (Å²) in [6.07, 6.45) is 1.20. The van der Waals surface area contributed by atoms with Crippen molar-refractivity contribution in [3.63, 3.8) is 0 Å². The smallest absolute Gasteiger partial charge is 0.253 e. The van der Waals surface area contributed by atoms with Gasteiger partial charge in [0.1, 0.15) is 5.82 Å². The maximum absolute atomic E-state index is 13.1. The van der Waals surface area contributed by atoms with Crippen molar-refractivity contribution in [3.8, 4) is 11.5 Å². The number of piperidine rings is 1. The minimum atomic E-state index is -0.302. The molecule has 0 saturated carbocycles. The molecule has 30 heavy (non-hydrogen) atoms. The molecule has 1 atom stereocenters. The Morgan fingerprint density at radius 2 is 1.67 bits per heavy atom. The number of hydrogen-bond acceptors (Lipinski definition) is 4. The molecule has 2 amide bonds. The number of nitrogens with one attached hydrogen (secondary N) is 1. The Morgan fingerprint density at radius 3 is 2.27 bits per heavy atom. The van der Waals surface area contributed by atoms with E-state index < -0.39 is 0 Å². The van der Waals surface area contributed by atoms with Gasteiger partial charge in [-0.05, 0) is 55.7 Å². The molecule has 2 aromatic carbocycles. The summed E-state index contributed by atoms with van der Waals surface area (Å²) in [5, 5.41) is 2.99. The molecule has 3 rings (SSSR count). The number of methoxy groups -OCH3 is 2. The third kappa shape index (κ3) is 4.90. The van der Waals surface area contributed by atoms with Crippen LogP contribution in [0.15, 0.2) is 42.5 Å². The average molecular weight is 414 g/mol. The zero-order valence-electron chi connectivity index (χ0n) is 17.5. The van der Waals surface area contributed by atoms with Gasteiger partial charge in [-0.3, -0.25) is 9.59 Å². The van der Waals surface area contributed by atoms with E-state index in [1.54, 1.807) is 42.3 Å². The van der Waals surface area contributed by atoms with Gasteiger partial charge in [0.2, 0.25) is 5.91 Å². The molecule has 6 nitrogen and oxygen atoms in total. The van der Waals surface area contributed by atoms with Crippen LogP contribution in [0.2, 0.25) is 0 Å². The quantitative estimate of drug-likeness (QED) is 0.785. The van der Waals surface area contributed by atoms with Crippen molar-refractivity contribution in [2.45, 2.75) is 25.8 Å². The fourth-order valence-corrected chi connectivity index (χ4v) is 3.66. The number of nitrogens with zero attached hydrogens (tertiary/aromatic N) is 1.